The Bertz CT molecular complexity index is 601. The van der Waals surface area contributed by atoms with Crippen molar-refractivity contribution < 1.29 is 4.74 Å². The van der Waals surface area contributed by atoms with Gasteiger partial charge >= 0.3 is 0 Å². The standard InChI is InChI=1S/C17H23N3O/c1-13-19-16-5-2-3-6-17(16)20(13)11-4-12-21-15-9-7-14(18)8-10-15/h7-10H,2-6,11-12,18H2,1H3. The second kappa shape index (κ2) is 6.20. The first-order valence-electron chi connectivity index (χ1n) is 7.77. The van der Waals surface area contributed by atoms with Crippen molar-refractivity contribution in [2.75, 3.05) is 12.3 Å². The number of imidazole rings is 1. The number of aromatic nitrogens is 2. The Morgan fingerprint density at radius 3 is 2.76 bits per heavy atom. The summed E-state index contributed by atoms with van der Waals surface area (Å²) < 4.78 is 8.13. The summed E-state index contributed by atoms with van der Waals surface area (Å²) >= 11 is 0. The van der Waals surface area contributed by atoms with Crippen LogP contribution in [0.3, 0.4) is 0 Å². The van der Waals surface area contributed by atoms with E-state index in [1.165, 1.54) is 30.7 Å². The minimum atomic E-state index is 0.719. The molecule has 21 heavy (non-hydrogen) atoms. The molecule has 0 atom stereocenters. The number of nitrogens with two attached hydrogens (primary N) is 1. The Morgan fingerprint density at radius 2 is 1.95 bits per heavy atom. The summed E-state index contributed by atoms with van der Waals surface area (Å²) in [4.78, 5) is 4.71. The molecule has 1 heterocycles. The number of nitrogen functional groups attached to an aromatic ring is 1. The smallest absolute Gasteiger partial charge is 0.119 e. The molecule has 0 saturated carbocycles. The van der Waals surface area contributed by atoms with Gasteiger partial charge in [-0.1, -0.05) is 0 Å². The lowest BCUT2D eigenvalue weighted by molar-refractivity contribution is 0.300. The molecule has 112 valence electrons. The van der Waals surface area contributed by atoms with Crippen molar-refractivity contribution in [3.63, 3.8) is 0 Å². The van der Waals surface area contributed by atoms with E-state index in [0.717, 1.165) is 43.3 Å². The van der Waals surface area contributed by atoms with Crippen molar-refractivity contribution in [2.24, 2.45) is 0 Å². The zero-order valence-electron chi connectivity index (χ0n) is 12.6. The summed E-state index contributed by atoms with van der Waals surface area (Å²) in [5.74, 6) is 2.03. The van der Waals surface area contributed by atoms with Crippen LogP contribution in [0.4, 0.5) is 5.69 Å². The van der Waals surface area contributed by atoms with Crippen LogP contribution in [-0.4, -0.2) is 16.2 Å². The van der Waals surface area contributed by atoms with Crippen LogP contribution in [0.2, 0.25) is 0 Å². The Hall–Kier alpha value is -1.97. The Balaban J connectivity index is 1.54. The molecular formula is C17H23N3O. The van der Waals surface area contributed by atoms with E-state index < -0.39 is 0 Å². The summed E-state index contributed by atoms with van der Waals surface area (Å²) in [6.07, 6.45) is 5.89. The first-order chi connectivity index (χ1) is 10.2. The van der Waals surface area contributed by atoms with Crippen LogP contribution in [0.25, 0.3) is 0 Å². The molecule has 0 fully saturated rings. The lowest BCUT2D eigenvalue weighted by Gasteiger charge is -2.15. The molecule has 1 aromatic carbocycles. The van der Waals surface area contributed by atoms with Crippen molar-refractivity contribution in [1.29, 1.82) is 0 Å². The molecule has 2 aromatic rings. The van der Waals surface area contributed by atoms with Gasteiger partial charge in [0.25, 0.3) is 0 Å². The molecule has 0 amide bonds. The molecular weight excluding hydrogens is 262 g/mol. The fourth-order valence-electron chi connectivity index (χ4n) is 3.01. The van der Waals surface area contributed by atoms with Crippen LogP contribution in [0, 0.1) is 6.92 Å². The number of nitrogens with zero attached hydrogens (tertiary/aromatic N) is 2. The molecule has 1 aromatic heterocycles. The number of rotatable bonds is 5. The number of hydrogen-bond acceptors (Lipinski definition) is 3. The van der Waals surface area contributed by atoms with Gasteiger partial charge in [-0.3, -0.25) is 0 Å². The van der Waals surface area contributed by atoms with Crippen molar-refractivity contribution in [2.45, 2.75) is 45.6 Å². The van der Waals surface area contributed by atoms with E-state index in [-0.39, 0.29) is 0 Å². The maximum atomic E-state index is 5.75. The molecule has 4 nitrogen and oxygen atoms in total. The molecule has 0 bridgehead atoms. The highest BCUT2D eigenvalue weighted by molar-refractivity contribution is 5.41. The predicted octanol–water partition coefficient (Wildman–Crippen LogP) is 3.12. The predicted molar refractivity (Wildman–Crippen MR) is 84.6 cm³/mol. The zero-order valence-corrected chi connectivity index (χ0v) is 12.6. The highest BCUT2D eigenvalue weighted by atomic mass is 16.5. The fraction of sp³-hybridized carbons (Fsp3) is 0.471. The van der Waals surface area contributed by atoms with Crippen molar-refractivity contribution in [3.8, 4) is 5.75 Å². The van der Waals surface area contributed by atoms with Gasteiger partial charge in [-0.25, -0.2) is 4.98 Å². The monoisotopic (exact) mass is 285 g/mol. The number of ether oxygens (including phenoxy) is 1. The third-order valence-corrected chi connectivity index (χ3v) is 4.10. The van der Waals surface area contributed by atoms with Crippen LogP contribution in [-0.2, 0) is 19.4 Å². The van der Waals surface area contributed by atoms with Gasteiger partial charge in [-0.05, 0) is 63.3 Å². The first kappa shape index (κ1) is 14.0. The summed E-state index contributed by atoms with van der Waals surface area (Å²) in [5, 5.41) is 0. The average Bonchev–Trinajstić information content (AvgIpc) is 2.81. The van der Waals surface area contributed by atoms with Crippen LogP contribution < -0.4 is 10.5 Å². The minimum absolute atomic E-state index is 0.719. The van der Waals surface area contributed by atoms with E-state index in [0.29, 0.717) is 0 Å². The molecule has 4 heteroatoms. The lowest BCUT2D eigenvalue weighted by atomic mass is 10.0. The summed E-state index contributed by atoms with van der Waals surface area (Å²) in [6, 6.07) is 7.57. The van der Waals surface area contributed by atoms with Gasteiger partial charge in [0, 0.05) is 17.9 Å². The SMILES string of the molecule is Cc1nc2c(n1CCCOc1ccc(N)cc1)CCCC2. The topological polar surface area (TPSA) is 53.1 Å². The molecule has 3 rings (SSSR count). The van der Waals surface area contributed by atoms with Gasteiger partial charge in [-0.15, -0.1) is 0 Å². The van der Waals surface area contributed by atoms with E-state index in [1.54, 1.807) is 0 Å². The van der Waals surface area contributed by atoms with Gasteiger partial charge in [0.2, 0.25) is 0 Å². The summed E-state index contributed by atoms with van der Waals surface area (Å²) in [5.41, 5.74) is 9.20. The van der Waals surface area contributed by atoms with Crippen molar-refractivity contribution in [3.05, 3.63) is 41.5 Å². The van der Waals surface area contributed by atoms with Gasteiger partial charge in [0.15, 0.2) is 0 Å². The summed E-state index contributed by atoms with van der Waals surface area (Å²) in [6.45, 7) is 3.82. The maximum absolute atomic E-state index is 5.75. The minimum Gasteiger partial charge on any atom is -0.494 e. The average molecular weight is 285 g/mol. The molecule has 1 aliphatic carbocycles. The maximum Gasteiger partial charge on any atom is 0.119 e. The van der Waals surface area contributed by atoms with Crippen molar-refractivity contribution in [1.82, 2.24) is 9.55 Å². The molecule has 2 N–H and O–H groups in total. The molecule has 0 unspecified atom stereocenters. The number of hydrogen-bond donors (Lipinski definition) is 1. The van der Waals surface area contributed by atoms with Gasteiger partial charge in [-0.2, -0.15) is 0 Å². The van der Waals surface area contributed by atoms with Gasteiger partial charge in [0.1, 0.15) is 11.6 Å². The Kier molecular flexibility index (Phi) is 4.13. The largest absolute Gasteiger partial charge is 0.494 e. The van der Waals surface area contributed by atoms with E-state index in [4.69, 9.17) is 15.5 Å². The number of fused-ring (bicyclic) bond motifs is 1. The fourth-order valence-corrected chi connectivity index (χ4v) is 3.01. The number of benzene rings is 1. The van der Waals surface area contributed by atoms with E-state index in [1.807, 2.05) is 24.3 Å². The molecule has 0 saturated heterocycles. The van der Waals surface area contributed by atoms with E-state index in [2.05, 4.69) is 11.5 Å². The summed E-state index contributed by atoms with van der Waals surface area (Å²) in [7, 11) is 0. The van der Waals surface area contributed by atoms with Crippen LogP contribution >= 0.6 is 0 Å². The van der Waals surface area contributed by atoms with E-state index in [9.17, 15) is 0 Å². The number of anilines is 1. The van der Waals surface area contributed by atoms with Crippen LogP contribution in [0.5, 0.6) is 5.75 Å². The highest BCUT2D eigenvalue weighted by Gasteiger charge is 2.17. The lowest BCUT2D eigenvalue weighted by Crippen LogP contribution is -2.11. The Morgan fingerprint density at radius 1 is 1.19 bits per heavy atom. The molecule has 0 radical (unpaired) electrons. The first-order valence-corrected chi connectivity index (χ1v) is 7.77. The second-order valence-electron chi connectivity index (χ2n) is 5.68. The van der Waals surface area contributed by atoms with E-state index >= 15 is 0 Å². The second-order valence-corrected chi connectivity index (χ2v) is 5.68. The Labute approximate surface area is 125 Å². The van der Waals surface area contributed by atoms with Crippen LogP contribution in [0.1, 0.15) is 36.5 Å². The van der Waals surface area contributed by atoms with Crippen LogP contribution in [0.15, 0.2) is 24.3 Å². The highest BCUT2D eigenvalue weighted by Crippen LogP contribution is 2.22. The normalized spacial score (nSPS) is 14.0. The zero-order chi connectivity index (χ0) is 14.7. The third-order valence-electron chi connectivity index (χ3n) is 4.10. The van der Waals surface area contributed by atoms with Gasteiger partial charge in [0.05, 0.1) is 12.3 Å². The molecule has 0 spiro atoms. The van der Waals surface area contributed by atoms with Gasteiger partial charge < -0.3 is 15.0 Å². The third kappa shape index (κ3) is 3.20. The van der Waals surface area contributed by atoms with Crippen molar-refractivity contribution >= 4 is 5.69 Å². The quantitative estimate of drug-likeness (QED) is 0.678. The molecule has 0 aliphatic heterocycles. The molecule has 1 aliphatic rings. The number of aryl methyl sites for hydroxylation is 2.